The highest BCUT2D eigenvalue weighted by Gasteiger charge is 2.32. The molecule has 0 aromatic heterocycles. The molecule has 0 aliphatic rings. The van der Waals surface area contributed by atoms with Crippen LogP contribution in [0.4, 0.5) is 17.1 Å². The molecular formula is C18H21N3O6S. The Kier molecular flexibility index (Phi) is 6.57. The average molecular weight is 407 g/mol. The highest BCUT2D eigenvalue weighted by atomic mass is 32.2. The van der Waals surface area contributed by atoms with E-state index in [0.717, 1.165) is 16.6 Å². The van der Waals surface area contributed by atoms with E-state index in [1.54, 1.807) is 31.2 Å². The number of sulfonamides is 1. The van der Waals surface area contributed by atoms with Crippen LogP contribution >= 0.6 is 0 Å². The summed E-state index contributed by atoms with van der Waals surface area (Å²) in [6.07, 6.45) is 1.10. The maximum absolute atomic E-state index is 12.9. The van der Waals surface area contributed by atoms with Gasteiger partial charge in [0.1, 0.15) is 11.8 Å². The molecule has 0 bridgehead atoms. The van der Waals surface area contributed by atoms with Crippen LogP contribution in [0.2, 0.25) is 0 Å². The van der Waals surface area contributed by atoms with E-state index < -0.39 is 26.9 Å². The van der Waals surface area contributed by atoms with E-state index in [2.05, 4.69) is 5.32 Å². The molecule has 0 heterocycles. The summed E-state index contributed by atoms with van der Waals surface area (Å²) in [6, 6.07) is 10.8. The number of carbonyl (C=O) groups excluding carboxylic acids is 1. The molecule has 150 valence electrons. The maximum atomic E-state index is 12.9. The van der Waals surface area contributed by atoms with Crippen LogP contribution < -0.4 is 14.4 Å². The fourth-order valence-corrected chi connectivity index (χ4v) is 3.97. The molecule has 0 saturated heterocycles. The Morgan fingerprint density at radius 3 is 2.50 bits per heavy atom. The second kappa shape index (κ2) is 8.70. The van der Waals surface area contributed by atoms with Crippen LogP contribution in [0, 0.1) is 10.1 Å². The van der Waals surface area contributed by atoms with Gasteiger partial charge in [-0.1, -0.05) is 25.1 Å². The fourth-order valence-electron chi connectivity index (χ4n) is 2.77. The first-order chi connectivity index (χ1) is 13.2. The summed E-state index contributed by atoms with van der Waals surface area (Å²) in [5.41, 5.74) is 0.158. The lowest BCUT2D eigenvalue weighted by molar-refractivity contribution is -0.384. The Labute approximate surface area is 163 Å². The first kappa shape index (κ1) is 21.2. The zero-order valence-corrected chi connectivity index (χ0v) is 16.5. The van der Waals surface area contributed by atoms with Crippen molar-refractivity contribution in [2.75, 3.05) is 23.0 Å². The first-order valence-electron chi connectivity index (χ1n) is 8.36. The van der Waals surface area contributed by atoms with E-state index in [0.29, 0.717) is 11.4 Å². The number of hydrogen-bond acceptors (Lipinski definition) is 6. The second-order valence-corrected chi connectivity index (χ2v) is 7.81. The van der Waals surface area contributed by atoms with E-state index in [1.807, 2.05) is 0 Å². The molecule has 28 heavy (non-hydrogen) atoms. The molecule has 2 aromatic rings. The van der Waals surface area contributed by atoms with Gasteiger partial charge in [0.05, 0.1) is 29.7 Å². The van der Waals surface area contributed by atoms with Crippen molar-refractivity contribution in [3.63, 3.8) is 0 Å². The Hall–Kier alpha value is -3.14. The normalized spacial score (nSPS) is 12.1. The number of nitro groups is 1. The van der Waals surface area contributed by atoms with Crippen LogP contribution in [0.25, 0.3) is 0 Å². The molecule has 10 heteroatoms. The number of nitrogens with zero attached hydrogens (tertiary/aromatic N) is 2. The van der Waals surface area contributed by atoms with Gasteiger partial charge in [0.25, 0.3) is 5.69 Å². The molecule has 0 aliphatic heterocycles. The molecule has 0 fully saturated rings. The van der Waals surface area contributed by atoms with Crippen molar-refractivity contribution in [2.45, 2.75) is 19.4 Å². The number of methoxy groups -OCH3 is 1. The van der Waals surface area contributed by atoms with Crippen LogP contribution in [-0.4, -0.2) is 38.7 Å². The van der Waals surface area contributed by atoms with Gasteiger partial charge >= 0.3 is 0 Å². The molecule has 2 rings (SSSR count). The molecule has 1 amide bonds. The van der Waals surface area contributed by atoms with E-state index >= 15 is 0 Å². The van der Waals surface area contributed by atoms with Crippen molar-refractivity contribution in [1.29, 1.82) is 0 Å². The number of non-ortho nitro benzene ring substituents is 1. The Morgan fingerprint density at radius 1 is 1.25 bits per heavy atom. The summed E-state index contributed by atoms with van der Waals surface area (Å²) >= 11 is 0. The Bertz CT molecular complexity index is 977. The summed E-state index contributed by atoms with van der Waals surface area (Å²) < 4.78 is 31.0. The largest absolute Gasteiger partial charge is 0.495 e. The molecule has 0 radical (unpaired) electrons. The van der Waals surface area contributed by atoms with Gasteiger partial charge in [-0.15, -0.1) is 0 Å². The maximum Gasteiger partial charge on any atom is 0.271 e. The molecule has 1 atom stereocenters. The number of para-hydroxylation sites is 2. The van der Waals surface area contributed by atoms with Crippen molar-refractivity contribution in [1.82, 2.24) is 0 Å². The molecule has 1 N–H and O–H groups in total. The zero-order valence-electron chi connectivity index (χ0n) is 15.7. The number of anilines is 2. The number of nitrogens with one attached hydrogen (secondary N) is 1. The summed E-state index contributed by atoms with van der Waals surface area (Å²) in [6.45, 7) is 1.65. The smallest absolute Gasteiger partial charge is 0.271 e. The van der Waals surface area contributed by atoms with E-state index in [9.17, 15) is 23.3 Å². The van der Waals surface area contributed by atoms with Gasteiger partial charge < -0.3 is 10.1 Å². The van der Waals surface area contributed by atoms with E-state index in [4.69, 9.17) is 4.74 Å². The Balaban J connectivity index is 2.45. The molecule has 0 saturated carbocycles. The van der Waals surface area contributed by atoms with Crippen LogP contribution in [0.1, 0.15) is 13.3 Å². The van der Waals surface area contributed by atoms with Crippen molar-refractivity contribution < 1.29 is 22.9 Å². The van der Waals surface area contributed by atoms with Crippen molar-refractivity contribution in [2.24, 2.45) is 0 Å². The summed E-state index contributed by atoms with van der Waals surface area (Å²) in [7, 11) is -2.45. The third kappa shape index (κ3) is 4.77. The molecule has 0 unspecified atom stereocenters. The van der Waals surface area contributed by atoms with Gasteiger partial charge in [-0.05, 0) is 24.6 Å². The summed E-state index contributed by atoms with van der Waals surface area (Å²) in [5.74, 6) is -0.157. The third-order valence-electron chi connectivity index (χ3n) is 3.99. The van der Waals surface area contributed by atoms with Gasteiger partial charge in [0.15, 0.2) is 0 Å². The molecule has 0 aliphatic carbocycles. The minimum Gasteiger partial charge on any atom is -0.495 e. The van der Waals surface area contributed by atoms with Gasteiger partial charge in [-0.2, -0.15) is 0 Å². The molecule has 9 nitrogen and oxygen atoms in total. The van der Waals surface area contributed by atoms with Gasteiger partial charge in [0.2, 0.25) is 15.9 Å². The van der Waals surface area contributed by atoms with Crippen molar-refractivity contribution in [3.05, 3.63) is 58.6 Å². The van der Waals surface area contributed by atoms with Crippen LogP contribution in [0.15, 0.2) is 48.5 Å². The van der Waals surface area contributed by atoms with Crippen molar-refractivity contribution >= 4 is 33.0 Å². The van der Waals surface area contributed by atoms with Gasteiger partial charge in [-0.25, -0.2) is 8.42 Å². The predicted molar refractivity (Wildman–Crippen MR) is 106 cm³/mol. The summed E-state index contributed by atoms with van der Waals surface area (Å²) in [4.78, 5) is 23.3. The first-order valence-corrected chi connectivity index (χ1v) is 10.2. The molecular weight excluding hydrogens is 386 g/mol. The van der Waals surface area contributed by atoms with Crippen LogP contribution in [-0.2, 0) is 14.8 Å². The summed E-state index contributed by atoms with van der Waals surface area (Å²) in [5, 5.41) is 13.7. The monoisotopic (exact) mass is 407 g/mol. The van der Waals surface area contributed by atoms with Gasteiger partial charge in [0, 0.05) is 12.1 Å². The molecule has 0 spiro atoms. The quantitative estimate of drug-likeness (QED) is 0.531. The standard InChI is InChI=1S/C18H21N3O6S/c1-4-16(18(22)19-15-10-5-6-11-17(15)27-2)20(28(3,25)26)13-8-7-9-14(12-13)21(23)24/h5-12,16H,4H2,1-3H3,(H,19,22)/t16-/m1/s1. The van der Waals surface area contributed by atoms with Crippen LogP contribution in [0.5, 0.6) is 5.75 Å². The Morgan fingerprint density at radius 2 is 1.93 bits per heavy atom. The van der Waals surface area contributed by atoms with Gasteiger partial charge in [-0.3, -0.25) is 19.2 Å². The minimum absolute atomic E-state index is 0.0405. The van der Waals surface area contributed by atoms with E-state index in [-0.39, 0.29) is 17.8 Å². The highest BCUT2D eigenvalue weighted by molar-refractivity contribution is 7.92. The topological polar surface area (TPSA) is 119 Å². The zero-order chi connectivity index (χ0) is 20.9. The number of rotatable bonds is 8. The number of hydrogen-bond donors (Lipinski definition) is 1. The lowest BCUT2D eigenvalue weighted by atomic mass is 10.1. The number of ether oxygens (including phenoxy) is 1. The van der Waals surface area contributed by atoms with Crippen LogP contribution in [0.3, 0.4) is 0 Å². The number of amides is 1. The number of carbonyl (C=O) groups is 1. The highest BCUT2D eigenvalue weighted by Crippen LogP contribution is 2.28. The number of benzene rings is 2. The second-order valence-electron chi connectivity index (χ2n) is 5.95. The molecule has 2 aromatic carbocycles. The lowest BCUT2D eigenvalue weighted by Gasteiger charge is -2.30. The third-order valence-corrected chi connectivity index (χ3v) is 5.17. The van der Waals surface area contributed by atoms with Crippen molar-refractivity contribution in [3.8, 4) is 5.75 Å². The van der Waals surface area contributed by atoms with E-state index in [1.165, 1.54) is 25.3 Å². The predicted octanol–water partition coefficient (Wildman–Crippen LogP) is 2.79. The average Bonchev–Trinajstić information content (AvgIpc) is 2.65. The lowest BCUT2D eigenvalue weighted by Crippen LogP contribution is -2.47. The minimum atomic E-state index is -3.91. The SMILES string of the molecule is CC[C@H](C(=O)Nc1ccccc1OC)N(c1cccc([N+](=O)[O-])c1)S(C)(=O)=O. The number of nitro benzene ring substituents is 1. The fraction of sp³-hybridized carbons (Fsp3) is 0.278.